The summed E-state index contributed by atoms with van der Waals surface area (Å²) in [6.45, 7) is 11.5. The molecule has 0 aromatic carbocycles. The molecule has 0 saturated carbocycles. The Kier molecular flexibility index (Phi) is 6.23. The second-order valence-electron chi connectivity index (χ2n) is 6.58. The third-order valence-corrected chi connectivity index (χ3v) is 5.69. The van der Waals surface area contributed by atoms with Gasteiger partial charge in [0, 0.05) is 34.9 Å². The second kappa shape index (κ2) is 7.73. The van der Waals surface area contributed by atoms with Gasteiger partial charge in [0.2, 0.25) is 0 Å². The first kappa shape index (κ1) is 16.9. The zero-order chi connectivity index (χ0) is 15.4. The van der Waals surface area contributed by atoms with E-state index in [1.54, 1.807) is 0 Å². The predicted molar refractivity (Wildman–Crippen MR) is 93.4 cm³/mol. The Morgan fingerprint density at radius 2 is 2.00 bits per heavy atom. The highest BCUT2D eigenvalue weighted by molar-refractivity contribution is 7.12. The van der Waals surface area contributed by atoms with E-state index in [1.165, 1.54) is 47.8 Å². The van der Waals surface area contributed by atoms with Gasteiger partial charge in [-0.05, 0) is 72.4 Å². The van der Waals surface area contributed by atoms with Crippen LogP contribution in [0.3, 0.4) is 0 Å². The van der Waals surface area contributed by atoms with Crippen molar-refractivity contribution in [1.29, 1.82) is 0 Å². The van der Waals surface area contributed by atoms with Crippen LogP contribution in [0.4, 0.5) is 0 Å². The number of hydrogen-bond acceptors (Lipinski definition) is 4. The number of hydrogen-bond donors (Lipinski definition) is 1. The highest BCUT2D eigenvalue weighted by Gasteiger charge is 2.20. The van der Waals surface area contributed by atoms with Gasteiger partial charge in [-0.2, -0.15) is 0 Å². The molecule has 1 atom stereocenters. The van der Waals surface area contributed by atoms with E-state index in [-0.39, 0.29) is 0 Å². The van der Waals surface area contributed by atoms with Crippen LogP contribution in [0.2, 0.25) is 0 Å². The van der Waals surface area contributed by atoms with E-state index >= 15 is 0 Å². The summed E-state index contributed by atoms with van der Waals surface area (Å²) in [5, 5.41) is 3.69. The van der Waals surface area contributed by atoms with E-state index in [9.17, 15) is 0 Å². The van der Waals surface area contributed by atoms with Crippen molar-refractivity contribution in [2.75, 3.05) is 40.3 Å². The average Bonchev–Trinajstić information content (AvgIpc) is 2.78. The van der Waals surface area contributed by atoms with E-state index < -0.39 is 0 Å². The van der Waals surface area contributed by atoms with Gasteiger partial charge in [-0.1, -0.05) is 0 Å². The SMILES string of the molecule is Cc1cc(C(C)NCCN2CCC(N(C)C)CC2)c(C)s1. The monoisotopic (exact) mass is 309 g/mol. The van der Waals surface area contributed by atoms with Crippen molar-refractivity contribution in [2.45, 2.75) is 45.7 Å². The lowest BCUT2D eigenvalue weighted by atomic mass is 10.0. The van der Waals surface area contributed by atoms with Gasteiger partial charge < -0.3 is 15.1 Å². The lowest BCUT2D eigenvalue weighted by Crippen LogP contribution is -2.44. The van der Waals surface area contributed by atoms with Gasteiger partial charge in [0.25, 0.3) is 0 Å². The lowest BCUT2D eigenvalue weighted by molar-refractivity contribution is 0.145. The van der Waals surface area contributed by atoms with E-state index in [0.29, 0.717) is 6.04 Å². The van der Waals surface area contributed by atoms with Crippen molar-refractivity contribution in [3.05, 3.63) is 21.4 Å². The molecular weight excluding hydrogens is 278 g/mol. The number of aryl methyl sites for hydroxylation is 2. The lowest BCUT2D eigenvalue weighted by Gasteiger charge is -2.35. The summed E-state index contributed by atoms with van der Waals surface area (Å²) in [5.41, 5.74) is 1.48. The zero-order valence-electron chi connectivity index (χ0n) is 14.3. The Morgan fingerprint density at radius 3 is 2.52 bits per heavy atom. The number of nitrogens with zero attached hydrogens (tertiary/aromatic N) is 2. The van der Waals surface area contributed by atoms with Crippen LogP contribution in [0.5, 0.6) is 0 Å². The molecule has 0 bridgehead atoms. The standard InChI is InChI=1S/C17H31N3S/c1-13-12-17(15(3)21-13)14(2)18-8-11-20-9-6-16(7-10-20)19(4)5/h12,14,16,18H,6-11H2,1-5H3. The Morgan fingerprint density at radius 1 is 1.33 bits per heavy atom. The number of likely N-dealkylation sites (tertiary alicyclic amines) is 1. The molecule has 120 valence electrons. The molecule has 2 rings (SSSR count). The summed E-state index contributed by atoms with van der Waals surface area (Å²) >= 11 is 1.91. The van der Waals surface area contributed by atoms with Crippen molar-refractivity contribution in [3.8, 4) is 0 Å². The van der Waals surface area contributed by atoms with E-state index in [4.69, 9.17) is 0 Å². The summed E-state index contributed by atoms with van der Waals surface area (Å²) < 4.78 is 0. The molecule has 1 aromatic heterocycles. The minimum absolute atomic E-state index is 0.467. The fraction of sp³-hybridized carbons (Fsp3) is 0.765. The van der Waals surface area contributed by atoms with Crippen LogP contribution in [0.25, 0.3) is 0 Å². The molecule has 1 saturated heterocycles. The van der Waals surface area contributed by atoms with Gasteiger partial charge in [-0.3, -0.25) is 0 Å². The minimum Gasteiger partial charge on any atom is -0.309 e. The highest BCUT2D eigenvalue weighted by atomic mass is 32.1. The number of thiophene rings is 1. The molecule has 3 nitrogen and oxygen atoms in total. The summed E-state index contributed by atoms with van der Waals surface area (Å²) in [4.78, 5) is 7.85. The number of nitrogens with one attached hydrogen (secondary N) is 1. The molecule has 21 heavy (non-hydrogen) atoms. The van der Waals surface area contributed by atoms with Crippen LogP contribution in [0.1, 0.15) is 41.1 Å². The Labute approximate surface area is 134 Å². The maximum Gasteiger partial charge on any atom is 0.0303 e. The van der Waals surface area contributed by atoms with E-state index in [2.05, 4.69) is 56.0 Å². The van der Waals surface area contributed by atoms with Crippen LogP contribution in [-0.2, 0) is 0 Å². The molecule has 0 amide bonds. The number of rotatable bonds is 6. The maximum atomic E-state index is 3.69. The molecule has 1 unspecified atom stereocenters. The molecule has 1 aliphatic rings. The third kappa shape index (κ3) is 4.78. The van der Waals surface area contributed by atoms with Crippen molar-refractivity contribution in [3.63, 3.8) is 0 Å². The van der Waals surface area contributed by atoms with E-state index in [1.807, 2.05) is 11.3 Å². The van der Waals surface area contributed by atoms with Crippen LogP contribution >= 0.6 is 11.3 Å². The molecule has 1 N–H and O–H groups in total. The smallest absolute Gasteiger partial charge is 0.0303 e. The normalized spacial score (nSPS) is 19.3. The third-order valence-electron chi connectivity index (χ3n) is 4.71. The fourth-order valence-electron chi connectivity index (χ4n) is 3.29. The molecule has 2 heterocycles. The Balaban J connectivity index is 1.69. The van der Waals surface area contributed by atoms with Crippen LogP contribution in [0, 0.1) is 13.8 Å². The molecule has 4 heteroatoms. The molecule has 1 aromatic rings. The topological polar surface area (TPSA) is 18.5 Å². The average molecular weight is 310 g/mol. The quantitative estimate of drug-likeness (QED) is 0.871. The van der Waals surface area contributed by atoms with Crippen molar-refractivity contribution in [1.82, 2.24) is 15.1 Å². The van der Waals surface area contributed by atoms with Gasteiger partial charge in [0.05, 0.1) is 0 Å². The van der Waals surface area contributed by atoms with Gasteiger partial charge in [-0.25, -0.2) is 0 Å². The fourth-order valence-corrected chi connectivity index (χ4v) is 4.31. The van der Waals surface area contributed by atoms with Crippen molar-refractivity contribution in [2.24, 2.45) is 0 Å². The van der Waals surface area contributed by atoms with Crippen LogP contribution in [0.15, 0.2) is 6.07 Å². The minimum atomic E-state index is 0.467. The van der Waals surface area contributed by atoms with Gasteiger partial charge in [-0.15, -0.1) is 11.3 Å². The van der Waals surface area contributed by atoms with Gasteiger partial charge in [0.15, 0.2) is 0 Å². The number of piperidine rings is 1. The molecular formula is C17H31N3S. The molecule has 0 radical (unpaired) electrons. The largest absolute Gasteiger partial charge is 0.309 e. The van der Waals surface area contributed by atoms with Gasteiger partial charge in [0.1, 0.15) is 0 Å². The Bertz CT molecular complexity index is 433. The first-order chi connectivity index (χ1) is 9.97. The molecule has 0 aliphatic carbocycles. The van der Waals surface area contributed by atoms with Crippen LogP contribution in [-0.4, -0.2) is 56.1 Å². The predicted octanol–water partition coefficient (Wildman–Crippen LogP) is 3.04. The van der Waals surface area contributed by atoms with Gasteiger partial charge >= 0.3 is 0 Å². The maximum absolute atomic E-state index is 3.69. The van der Waals surface area contributed by atoms with E-state index in [0.717, 1.165) is 12.6 Å². The first-order valence-electron chi connectivity index (χ1n) is 8.16. The zero-order valence-corrected chi connectivity index (χ0v) is 15.1. The second-order valence-corrected chi connectivity index (χ2v) is 8.04. The Hall–Kier alpha value is -0.420. The molecule has 0 spiro atoms. The molecule has 1 aliphatic heterocycles. The summed E-state index contributed by atoms with van der Waals surface area (Å²) in [6, 6.07) is 3.58. The first-order valence-corrected chi connectivity index (χ1v) is 8.98. The molecule has 1 fully saturated rings. The van der Waals surface area contributed by atoms with Crippen molar-refractivity contribution < 1.29 is 0 Å². The highest BCUT2D eigenvalue weighted by Crippen LogP contribution is 2.26. The summed E-state index contributed by atoms with van der Waals surface area (Å²) in [6.07, 6.45) is 2.62. The summed E-state index contributed by atoms with van der Waals surface area (Å²) in [7, 11) is 4.41. The van der Waals surface area contributed by atoms with Crippen molar-refractivity contribution >= 4 is 11.3 Å². The van der Waals surface area contributed by atoms with Crippen LogP contribution < -0.4 is 5.32 Å². The summed E-state index contributed by atoms with van der Waals surface area (Å²) in [5.74, 6) is 0.